The lowest BCUT2D eigenvalue weighted by atomic mass is 9.95. The number of amides is 1. The number of nitrogens with one attached hydrogen (secondary N) is 1. The lowest BCUT2D eigenvalue weighted by Gasteiger charge is -2.44. The van der Waals surface area contributed by atoms with Crippen LogP contribution in [0.15, 0.2) is 30.3 Å². The SMILES string of the molecule is CC1(C)O[C@@H]2[C@@H]([C@@H](NC(=O)OCc3ccccc3)[C@@H](O[Si](C)(C)C(C)(C)C)[C@H]3COC(C)(C)O3)O[C@@H](O[Si](C)(C)C(C)(C)C)[C@@H]2O1. The Morgan fingerprint density at radius 3 is 2.02 bits per heavy atom. The third-order valence-electron chi connectivity index (χ3n) is 10.1. The fourth-order valence-electron chi connectivity index (χ4n) is 5.47. The van der Waals surface area contributed by atoms with E-state index in [4.69, 9.17) is 37.3 Å². The summed E-state index contributed by atoms with van der Waals surface area (Å²) in [6, 6.07) is 8.83. The second kappa shape index (κ2) is 13.2. The summed E-state index contributed by atoms with van der Waals surface area (Å²) in [6.45, 7) is 29.8. The summed E-state index contributed by atoms with van der Waals surface area (Å²) in [6.07, 6.45) is -4.21. The Balaban J connectivity index is 1.74. The molecule has 7 atom stereocenters. The normalized spacial score (nSPS) is 29.3. The van der Waals surface area contributed by atoms with Crippen molar-refractivity contribution < 1.29 is 42.1 Å². The predicted octanol–water partition coefficient (Wildman–Crippen LogP) is 7.09. The van der Waals surface area contributed by atoms with Gasteiger partial charge in [0, 0.05) is 0 Å². The maximum Gasteiger partial charge on any atom is 0.407 e. The van der Waals surface area contributed by atoms with Crippen molar-refractivity contribution in [3.8, 4) is 0 Å². The Bertz CT molecular complexity index is 1200. The maximum absolute atomic E-state index is 13.7. The van der Waals surface area contributed by atoms with Crippen LogP contribution in [0.5, 0.6) is 0 Å². The van der Waals surface area contributed by atoms with E-state index in [-0.39, 0.29) is 23.3 Å². The second-order valence-electron chi connectivity index (χ2n) is 16.9. The van der Waals surface area contributed by atoms with Gasteiger partial charge < -0.3 is 42.6 Å². The van der Waals surface area contributed by atoms with Crippen LogP contribution in [0.1, 0.15) is 74.8 Å². The Morgan fingerprint density at radius 2 is 1.48 bits per heavy atom. The van der Waals surface area contributed by atoms with Crippen LogP contribution in [-0.2, 0) is 43.9 Å². The Hall–Kier alpha value is -1.36. The molecule has 1 aromatic rings. The molecule has 262 valence electrons. The summed E-state index contributed by atoms with van der Waals surface area (Å²) < 4.78 is 52.1. The number of carbonyl (C=O) groups excluding carboxylic acids is 1. The third kappa shape index (κ3) is 8.62. The third-order valence-corrected chi connectivity index (χ3v) is 19.0. The van der Waals surface area contributed by atoms with Crippen molar-refractivity contribution in [3.63, 3.8) is 0 Å². The number of hydrogen-bond donors (Lipinski definition) is 1. The van der Waals surface area contributed by atoms with E-state index in [0.29, 0.717) is 0 Å². The topological polar surface area (TPSA) is 103 Å². The number of alkyl carbamates (subject to hydrolysis) is 1. The number of rotatable bonds is 10. The molecule has 0 aliphatic carbocycles. The van der Waals surface area contributed by atoms with Gasteiger partial charge in [0.15, 0.2) is 34.5 Å². The molecule has 0 bridgehead atoms. The lowest BCUT2D eigenvalue weighted by molar-refractivity contribution is -0.223. The smallest absolute Gasteiger partial charge is 0.407 e. The van der Waals surface area contributed by atoms with Crippen molar-refractivity contribution in [1.29, 1.82) is 0 Å². The van der Waals surface area contributed by atoms with E-state index in [1.54, 1.807) is 0 Å². The first-order valence-corrected chi connectivity index (χ1v) is 22.4. The summed E-state index contributed by atoms with van der Waals surface area (Å²) in [7, 11) is -4.74. The first kappa shape index (κ1) is 37.5. The summed E-state index contributed by atoms with van der Waals surface area (Å²) >= 11 is 0. The zero-order chi connectivity index (χ0) is 34.5. The van der Waals surface area contributed by atoms with Crippen LogP contribution in [0, 0.1) is 0 Å². The second-order valence-corrected chi connectivity index (χ2v) is 26.4. The van der Waals surface area contributed by atoms with E-state index in [1.165, 1.54) is 0 Å². The molecule has 3 aliphatic rings. The van der Waals surface area contributed by atoms with Gasteiger partial charge in [-0.3, -0.25) is 0 Å². The molecular formula is C34H59NO9Si2. The van der Waals surface area contributed by atoms with Crippen LogP contribution in [-0.4, -0.2) is 83.8 Å². The van der Waals surface area contributed by atoms with Crippen molar-refractivity contribution in [1.82, 2.24) is 5.32 Å². The van der Waals surface area contributed by atoms with Gasteiger partial charge >= 0.3 is 6.09 Å². The lowest BCUT2D eigenvalue weighted by Crippen LogP contribution is -2.62. The first-order chi connectivity index (χ1) is 20.9. The van der Waals surface area contributed by atoms with Gasteiger partial charge in [0.25, 0.3) is 0 Å². The zero-order valence-electron chi connectivity index (χ0n) is 30.5. The Kier molecular flexibility index (Phi) is 10.7. The number of ether oxygens (including phenoxy) is 6. The highest BCUT2D eigenvalue weighted by Gasteiger charge is 2.62. The van der Waals surface area contributed by atoms with Gasteiger partial charge in [0.05, 0.1) is 18.8 Å². The molecule has 46 heavy (non-hydrogen) atoms. The molecule has 0 saturated carbocycles. The van der Waals surface area contributed by atoms with Crippen molar-refractivity contribution in [2.45, 2.75) is 167 Å². The molecule has 0 radical (unpaired) electrons. The number of carbonyl (C=O) groups is 1. The summed E-state index contributed by atoms with van der Waals surface area (Å²) in [4.78, 5) is 13.7. The molecule has 0 aromatic heterocycles. The average Bonchev–Trinajstić information content (AvgIpc) is 3.53. The highest BCUT2D eigenvalue weighted by atomic mass is 28.4. The molecular weight excluding hydrogens is 623 g/mol. The van der Waals surface area contributed by atoms with Gasteiger partial charge in [0.1, 0.15) is 31.0 Å². The molecule has 3 saturated heterocycles. The zero-order valence-corrected chi connectivity index (χ0v) is 32.5. The molecule has 1 aromatic carbocycles. The Morgan fingerprint density at radius 1 is 0.891 bits per heavy atom. The minimum Gasteiger partial charge on any atom is -0.445 e. The van der Waals surface area contributed by atoms with Crippen LogP contribution in [0.4, 0.5) is 4.79 Å². The summed E-state index contributed by atoms with van der Waals surface area (Å²) in [5, 5.41) is 2.97. The van der Waals surface area contributed by atoms with Gasteiger partial charge in [-0.1, -0.05) is 71.9 Å². The van der Waals surface area contributed by atoms with Crippen LogP contribution in [0.2, 0.25) is 36.3 Å². The van der Waals surface area contributed by atoms with Crippen LogP contribution in [0.25, 0.3) is 0 Å². The van der Waals surface area contributed by atoms with E-state index in [1.807, 2.05) is 58.0 Å². The van der Waals surface area contributed by atoms with Gasteiger partial charge in [-0.15, -0.1) is 0 Å². The monoisotopic (exact) mass is 681 g/mol. The van der Waals surface area contributed by atoms with Gasteiger partial charge in [-0.25, -0.2) is 4.79 Å². The molecule has 3 fully saturated rings. The van der Waals surface area contributed by atoms with Crippen molar-refractivity contribution in [3.05, 3.63) is 35.9 Å². The summed E-state index contributed by atoms with van der Waals surface area (Å²) in [5.74, 6) is -1.70. The van der Waals surface area contributed by atoms with E-state index in [2.05, 4.69) is 73.0 Å². The van der Waals surface area contributed by atoms with E-state index in [9.17, 15) is 4.79 Å². The minimum atomic E-state index is -2.44. The highest BCUT2D eigenvalue weighted by Crippen LogP contribution is 2.46. The fraction of sp³-hybridized carbons (Fsp3) is 0.794. The van der Waals surface area contributed by atoms with Gasteiger partial charge in [-0.05, 0) is 69.5 Å². The van der Waals surface area contributed by atoms with E-state index < -0.39 is 77.2 Å². The standard InChI is InChI=1S/C34H59NO9Si2/c1-31(2,3)45(11,12)43-25(23-21-38-33(7,8)40-23)24(35-30(36)37-20-22-18-16-15-17-19-22)26-27-28(42-34(9,10)41-27)29(39-26)44-46(13,14)32(4,5)6/h15-19,23-29H,20-21H2,1-14H3,(H,35,36)/t23-,24+,25+,26-,27-,28-,29+/m1/s1. The maximum atomic E-state index is 13.7. The van der Waals surface area contributed by atoms with Gasteiger partial charge in [-0.2, -0.15) is 0 Å². The largest absolute Gasteiger partial charge is 0.445 e. The Labute approximate surface area is 278 Å². The number of benzene rings is 1. The first-order valence-electron chi connectivity index (χ1n) is 16.6. The predicted molar refractivity (Wildman–Crippen MR) is 181 cm³/mol. The molecule has 0 unspecified atom stereocenters. The van der Waals surface area contributed by atoms with Crippen LogP contribution in [0.3, 0.4) is 0 Å². The molecule has 12 heteroatoms. The van der Waals surface area contributed by atoms with E-state index >= 15 is 0 Å². The molecule has 3 aliphatic heterocycles. The summed E-state index contributed by atoms with van der Waals surface area (Å²) in [5.41, 5.74) is 0.881. The molecule has 4 rings (SSSR count). The number of hydrogen-bond acceptors (Lipinski definition) is 9. The minimum absolute atomic E-state index is 0.0631. The van der Waals surface area contributed by atoms with Crippen molar-refractivity contribution in [2.75, 3.05) is 6.61 Å². The van der Waals surface area contributed by atoms with Gasteiger partial charge in [0.2, 0.25) is 0 Å². The quantitative estimate of drug-likeness (QED) is 0.259. The van der Waals surface area contributed by atoms with Crippen LogP contribution < -0.4 is 5.32 Å². The molecule has 3 heterocycles. The highest BCUT2D eigenvalue weighted by molar-refractivity contribution is 6.74. The molecule has 10 nitrogen and oxygen atoms in total. The molecule has 1 amide bonds. The van der Waals surface area contributed by atoms with Crippen LogP contribution >= 0.6 is 0 Å². The fourth-order valence-corrected chi connectivity index (χ4v) is 7.93. The molecule has 1 N–H and O–H groups in total. The van der Waals surface area contributed by atoms with Crippen molar-refractivity contribution in [2.24, 2.45) is 0 Å². The average molecular weight is 682 g/mol. The molecule has 0 spiro atoms. The van der Waals surface area contributed by atoms with Crippen molar-refractivity contribution >= 4 is 22.7 Å². The van der Waals surface area contributed by atoms with E-state index in [0.717, 1.165) is 5.56 Å². The number of fused-ring (bicyclic) bond motifs is 1.